The van der Waals surface area contributed by atoms with Crippen LogP contribution in [0.4, 0.5) is 18.9 Å². The van der Waals surface area contributed by atoms with Gasteiger partial charge in [0.2, 0.25) is 5.91 Å². The second-order valence-corrected chi connectivity index (χ2v) is 4.99. The van der Waals surface area contributed by atoms with E-state index in [1.807, 2.05) is 0 Å². The van der Waals surface area contributed by atoms with Gasteiger partial charge in [-0.3, -0.25) is 4.79 Å². The summed E-state index contributed by atoms with van der Waals surface area (Å²) in [7, 11) is 0. The van der Waals surface area contributed by atoms with Crippen LogP contribution < -0.4 is 10.6 Å². The number of anilines is 1. The zero-order valence-corrected chi connectivity index (χ0v) is 11.0. The number of rotatable bonds is 4. The highest BCUT2D eigenvalue weighted by molar-refractivity contribution is 5.92. The van der Waals surface area contributed by atoms with Crippen molar-refractivity contribution < 1.29 is 18.0 Å². The van der Waals surface area contributed by atoms with Crippen LogP contribution in [0.25, 0.3) is 0 Å². The molecular weight excluding hydrogens is 269 g/mol. The van der Waals surface area contributed by atoms with Gasteiger partial charge in [0.05, 0.1) is 5.92 Å². The van der Waals surface area contributed by atoms with Gasteiger partial charge in [0.1, 0.15) is 0 Å². The highest BCUT2D eigenvalue weighted by Gasteiger charge is 2.26. The minimum atomic E-state index is -4.14. The lowest BCUT2D eigenvalue weighted by Crippen LogP contribution is -2.24. The Morgan fingerprint density at radius 3 is 2.55 bits per heavy atom. The highest BCUT2D eigenvalue weighted by atomic mass is 19.4. The molecule has 1 unspecified atom stereocenters. The maximum Gasteiger partial charge on any atom is 0.389 e. The van der Waals surface area contributed by atoms with Gasteiger partial charge in [0, 0.05) is 18.7 Å². The lowest BCUT2D eigenvalue weighted by molar-refractivity contribution is -0.134. The van der Waals surface area contributed by atoms with Crippen LogP contribution in [0.15, 0.2) is 24.3 Å². The van der Waals surface area contributed by atoms with Crippen molar-refractivity contribution >= 4 is 11.6 Å². The lowest BCUT2D eigenvalue weighted by Gasteiger charge is -2.11. The van der Waals surface area contributed by atoms with E-state index < -0.39 is 12.6 Å². The molecule has 0 aliphatic carbocycles. The maximum absolute atomic E-state index is 12.1. The molecule has 1 aliphatic heterocycles. The largest absolute Gasteiger partial charge is 0.389 e. The molecule has 0 aromatic heterocycles. The fraction of sp³-hybridized carbons (Fsp3) is 0.500. The van der Waals surface area contributed by atoms with Gasteiger partial charge in [-0.15, -0.1) is 0 Å². The van der Waals surface area contributed by atoms with E-state index in [-0.39, 0.29) is 18.2 Å². The van der Waals surface area contributed by atoms with E-state index >= 15 is 0 Å². The second-order valence-electron chi connectivity index (χ2n) is 4.99. The van der Waals surface area contributed by atoms with Crippen molar-refractivity contribution in [1.29, 1.82) is 0 Å². The van der Waals surface area contributed by atoms with Crippen molar-refractivity contribution in [1.82, 2.24) is 5.32 Å². The number of amides is 1. The Morgan fingerprint density at radius 1 is 1.30 bits per heavy atom. The summed E-state index contributed by atoms with van der Waals surface area (Å²) in [5.41, 5.74) is 1.24. The van der Waals surface area contributed by atoms with E-state index in [1.54, 1.807) is 24.3 Å². The number of nitrogens with one attached hydrogen (secondary N) is 2. The third-order valence-corrected chi connectivity index (χ3v) is 3.35. The zero-order valence-electron chi connectivity index (χ0n) is 11.0. The van der Waals surface area contributed by atoms with Gasteiger partial charge in [-0.1, -0.05) is 12.1 Å². The molecule has 1 atom stereocenters. The smallest absolute Gasteiger partial charge is 0.326 e. The SMILES string of the molecule is O=C(Nc1ccc(CCC(F)(F)F)cc1)C1CCNC1. The summed E-state index contributed by atoms with van der Waals surface area (Å²) < 4.78 is 36.3. The molecule has 0 spiro atoms. The van der Waals surface area contributed by atoms with Crippen LogP contribution in [0.1, 0.15) is 18.4 Å². The molecule has 1 saturated heterocycles. The van der Waals surface area contributed by atoms with Gasteiger partial charge in [0.25, 0.3) is 0 Å². The van der Waals surface area contributed by atoms with E-state index in [2.05, 4.69) is 10.6 Å². The molecule has 1 aliphatic rings. The molecule has 1 aromatic rings. The fourth-order valence-electron chi connectivity index (χ4n) is 2.16. The third-order valence-electron chi connectivity index (χ3n) is 3.35. The number of hydrogen-bond acceptors (Lipinski definition) is 2. The Balaban J connectivity index is 1.86. The molecule has 1 fully saturated rings. The first-order valence-electron chi connectivity index (χ1n) is 6.61. The second kappa shape index (κ2) is 6.26. The normalized spacial score (nSPS) is 19.1. The van der Waals surface area contributed by atoms with Crippen LogP contribution in [0, 0.1) is 5.92 Å². The topological polar surface area (TPSA) is 41.1 Å². The fourth-order valence-corrected chi connectivity index (χ4v) is 2.16. The van der Waals surface area contributed by atoms with Gasteiger partial charge in [-0.25, -0.2) is 0 Å². The summed E-state index contributed by atoms with van der Waals surface area (Å²) in [4.78, 5) is 11.9. The third kappa shape index (κ3) is 4.52. The van der Waals surface area contributed by atoms with Crippen LogP contribution in [0.5, 0.6) is 0 Å². The van der Waals surface area contributed by atoms with Crippen molar-refractivity contribution in [2.24, 2.45) is 5.92 Å². The Morgan fingerprint density at radius 2 is 2.00 bits per heavy atom. The van der Waals surface area contributed by atoms with Crippen LogP contribution in [-0.2, 0) is 11.2 Å². The van der Waals surface area contributed by atoms with Gasteiger partial charge in [0.15, 0.2) is 0 Å². The minimum Gasteiger partial charge on any atom is -0.326 e. The van der Waals surface area contributed by atoms with Gasteiger partial charge < -0.3 is 10.6 Å². The summed E-state index contributed by atoms with van der Waals surface area (Å²) in [6.45, 7) is 1.52. The summed E-state index contributed by atoms with van der Waals surface area (Å²) >= 11 is 0. The first-order chi connectivity index (χ1) is 9.44. The molecule has 1 aromatic carbocycles. The number of hydrogen-bond donors (Lipinski definition) is 2. The Labute approximate surface area is 115 Å². The van der Waals surface area contributed by atoms with Crippen LogP contribution in [0.3, 0.4) is 0 Å². The number of benzene rings is 1. The lowest BCUT2D eigenvalue weighted by atomic mass is 10.1. The molecule has 0 radical (unpaired) electrons. The minimum absolute atomic E-state index is 0.0279. The van der Waals surface area contributed by atoms with Gasteiger partial charge in [-0.2, -0.15) is 13.2 Å². The van der Waals surface area contributed by atoms with E-state index in [1.165, 1.54) is 0 Å². The first kappa shape index (κ1) is 14.8. The number of alkyl halides is 3. The quantitative estimate of drug-likeness (QED) is 0.893. The van der Waals surface area contributed by atoms with E-state index in [4.69, 9.17) is 0 Å². The molecular formula is C14H17F3N2O. The molecule has 110 valence electrons. The van der Waals surface area contributed by atoms with Gasteiger partial charge in [-0.05, 0) is 37.1 Å². The number of aryl methyl sites for hydroxylation is 1. The molecule has 0 saturated carbocycles. The van der Waals surface area contributed by atoms with Crippen molar-refractivity contribution in [3.05, 3.63) is 29.8 Å². The van der Waals surface area contributed by atoms with Crippen LogP contribution in [0.2, 0.25) is 0 Å². The molecule has 3 nitrogen and oxygen atoms in total. The van der Waals surface area contributed by atoms with E-state index in [9.17, 15) is 18.0 Å². The predicted octanol–water partition coefficient (Wildman–Crippen LogP) is 2.73. The zero-order chi connectivity index (χ0) is 14.6. The van der Waals surface area contributed by atoms with Crippen molar-refractivity contribution in [3.8, 4) is 0 Å². The van der Waals surface area contributed by atoms with Crippen molar-refractivity contribution in [3.63, 3.8) is 0 Å². The van der Waals surface area contributed by atoms with Crippen LogP contribution >= 0.6 is 0 Å². The van der Waals surface area contributed by atoms with Crippen LogP contribution in [-0.4, -0.2) is 25.2 Å². The molecule has 6 heteroatoms. The molecule has 1 amide bonds. The Kier molecular flexibility index (Phi) is 4.65. The highest BCUT2D eigenvalue weighted by Crippen LogP contribution is 2.22. The monoisotopic (exact) mass is 286 g/mol. The average Bonchev–Trinajstić information content (AvgIpc) is 2.91. The molecule has 0 bridgehead atoms. The summed E-state index contributed by atoms with van der Waals surface area (Å²) in [6.07, 6.45) is -4.19. The summed E-state index contributed by atoms with van der Waals surface area (Å²) in [6, 6.07) is 6.53. The van der Waals surface area contributed by atoms with E-state index in [0.29, 0.717) is 17.8 Å². The number of carbonyl (C=O) groups is 1. The maximum atomic E-state index is 12.1. The van der Waals surface area contributed by atoms with E-state index in [0.717, 1.165) is 13.0 Å². The van der Waals surface area contributed by atoms with Gasteiger partial charge >= 0.3 is 6.18 Å². The average molecular weight is 286 g/mol. The summed E-state index contributed by atoms with van der Waals surface area (Å²) in [5, 5.41) is 5.89. The van der Waals surface area contributed by atoms with Crippen molar-refractivity contribution in [2.75, 3.05) is 18.4 Å². The Hall–Kier alpha value is -1.56. The number of carbonyl (C=O) groups excluding carboxylic acids is 1. The standard InChI is InChI=1S/C14H17F3N2O/c15-14(16,17)7-5-10-1-3-12(4-2-10)19-13(20)11-6-8-18-9-11/h1-4,11,18H,5-9H2,(H,19,20). The number of halogens is 3. The summed E-state index contributed by atoms with van der Waals surface area (Å²) in [5.74, 6) is -0.0713. The predicted molar refractivity (Wildman–Crippen MR) is 70.4 cm³/mol. The molecule has 1 heterocycles. The first-order valence-corrected chi connectivity index (χ1v) is 6.61. The molecule has 20 heavy (non-hydrogen) atoms. The molecule has 2 N–H and O–H groups in total. The molecule has 2 rings (SSSR count). The Bertz CT molecular complexity index is 450. The van der Waals surface area contributed by atoms with Crippen molar-refractivity contribution in [2.45, 2.75) is 25.4 Å².